The zero-order chi connectivity index (χ0) is 9.68. The molecule has 72 valence electrons. The molecule has 0 aromatic rings. The molecule has 0 saturated heterocycles. The SMILES string of the molecule is CNCCC1=CC=C(C(=O)O)CC1. The standard InChI is InChI=1S/C10H15NO2/c1-11-7-6-8-2-4-9(5-3-8)10(12)13/h2,4,11H,3,5-7H2,1H3,(H,12,13). The van der Waals surface area contributed by atoms with Gasteiger partial charge in [-0.2, -0.15) is 0 Å². The molecule has 0 heterocycles. The van der Waals surface area contributed by atoms with Gasteiger partial charge in [0.25, 0.3) is 0 Å². The summed E-state index contributed by atoms with van der Waals surface area (Å²) in [6.45, 7) is 0.960. The van der Waals surface area contributed by atoms with E-state index in [4.69, 9.17) is 5.11 Å². The van der Waals surface area contributed by atoms with Crippen molar-refractivity contribution in [1.29, 1.82) is 0 Å². The van der Waals surface area contributed by atoms with E-state index in [9.17, 15) is 4.79 Å². The summed E-state index contributed by atoms with van der Waals surface area (Å²) in [5.41, 5.74) is 1.85. The lowest BCUT2D eigenvalue weighted by Gasteiger charge is -2.11. The molecular weight excluding hydrogens is 166 g/mol. The zero-order valence-corrected chi connectivity index (χ0v) is 7.84. The molecule has 3 nitrogen and oxygen atoms in total. The largest absolute Gasteiger partial charge is 0.478 e. The lowest BCUT2D eigenvalue weighted by Crippen LogP contribution is -2.10. The molecule has 1 aliphatic carbocycles. The molecule has 13 heavy (non-hydrogen) atoms. The molecule has 0 saturated carbocycles. The van der Waals surface area contributed by atoms with Gasteiger partial charge in [-0.05, 0) is 32.9 Å². The van der Waals surface area contributed by atoms with E-state index in [1.165, 1.54) is 5.57 Å². The summed E-state index contributed by atoms with van der Waals surface area (Å²) in [6.07, 6.45) is 6.23. The van der Waals surface area contributed by atoms with Crippen LogP contribution in [0, 0.1) is 0 Å². The van der Waals surface area contributed by atoms with E-state index in [1.54, 1.807) is 6.08 Å². The summed E-state index contributed by atoms with van der Waals surface area (Å²) in [4.78, 5) is 10.6. The van der Waals surface area contributed by atoms with Crippen molar-refractivity contribution in [3.8, 4) is 0 Å². The second kappa shape index (κ2) is 4.82. The number of carboxylic acid groups (broad SMARTS) is 1. The first-order chi connectivity index (χ1) is 6.24. The first kappa shape index (κ1) is 9.99. The van der Waals surface area contributed by atoms with Crippen LogP contribution in [0.3, 0.4) is 0 Å². The molecule has 0 bridgehead atoms. The molecule has 1 rings (SSSR count). The minimum absolute atomic E-state index is 0.521. The van der Waals surface area contributed by atoms with Gasteiger partial charge in [-0.3, -0.25) is 0 Å². The smallest absolute Gasteiger partial charge is 0.331 e. The Kier molecular flexibility index (Phi) is 3.71. The summed E-state index contributed by atoms with van der Waals surface area (Å²) in [5, 5.41) is 11.8. The van der Waals surface area contributed by atoms with Gasteiger partial charge in [-0.25, -0.2) is 4.79 Å². The first-order valence-corrected chi connectivity index (χ1v) is 4.50. The van der Waals surface area contributed by atoms with Gasteiger partial charge >= 0.3 is 5.97 Å². The lowest BCUT2D eigenvalue weighted by atomic mass is 9.96. The second-order valence-corrected chi connectivity index (χ2v) is 3.18. The molecule has 0 unspecified atom stereocenters. The number of carboxylic acids is 1. The van der Waals surface area contributed by atoms with Gasteiger partial charge in [0.1, 0.15) is 0 Å². The fraction of sp³-hybridized carbons (Fsp3) is 0.500. The molecule has 1 aliphatic rings. The highest BCUT2D eigenvalue weighted by atomic mass is 16.4. The summed E-state index contributed by atoms with van der Waals surface area (Å²) >= 11 is 0. The highest BCUT2D eigenvalue weighted by Gasteiger charge is 2.11. The Morgan fingerprint density at radius 3 is 2.77 bits per heavy atom. The van der Waals surface area contributed by atoms with Crippen LogP contribution in [0.1, 0.15) is 19.3 Å². The predicted molar refractivity (Wildman–Crippen MR) is 51.6 cm³/mol. The van der Waals surface area contributed by atoms with Crippen LogP contribution in [-0.2, 0) is 4.79 Å². The monoisotopic (exact) mass is 181 g/mol. The molecular formula is C10H15NO2. The lowest BCUT2D eigenvalue weighted by molar-refractivity contribution is -0.132. The Balaban J connectivity index is 2.49. The third-order valence-corrected chi connectivity index (χ3v) is 2.21. The van der Waals surface area contributed by atoms with E-state index < -0.39 is 5.97 Å². The summed E-state index contributed by atoms with van der Waals surface area (Å²) < 4.78 is 0. The summed E-state index contributed by atoms with van der Waals surface area (Å²) in [7, 11) is 1.92. The molecule has 0 amide bonds. The number of nitrogens with one attached hydrogen (secondary N) is 1. The molecule has 0 aliphatic heterocycles. The van der Waals surface area contributed by atoms with Gasteiger partial charge in [0.2, 0.25) is 0 Å². The van der Waals surface area contributed by atoms with Crippen LogP contribution in [0.2, 0.25) is 0 Å². The van der Waals surface area contributed by atoms with Crippen LogP contribution in [0.25, 0.3) is 0 Å². The number of allylic oxidation sites excluding steroid dienone is 2. The van der Waals surface area contributed by atoms with Crippen molar-refractivity contribution < 1.29 is 9.90 Å². The quantitative estimate of drug-likeness (QED) is 0.687. The Morgan fingerprint density at radius 2 is 2.31 bits per heavy atom. The van der Waals surface area contributed by atoms with Gasteiger partial charge in [-0.1, -0.05) is 17.7 Å². The Morgan fingerprint density at radius 1 is 1.54 bits per heavy atom. The van der Waals surface area contributed by atoms with Gasteiger partial charge in [0, 0.05) is 5.57 Å². The normalized spacial score (nSPS) is 16.4. The fourth-order valence-electron chi connectivity index (χ4n) is 1.35. The average Bonchev–Trinajstić information content (AvgIpc) is 2.15. The highest BCUT2D eigenvalue weighted by Crippen LogP contribution is 2.20. The maximum absolute atomic E-state index is 10.6. The van der Waals surface area contributed by atoms with Crippen molar-refractivity contribution >= 4 is 5.97 Å². The van der Waals surface area contributed by atoms with E-state index in [2.05, 4.69) is 5.32 Å². The molecule has 3 heteroatoms. The number of aliphatic carboxylic acids is 1. The molecule has 0 radical (unpaired) electrons. The third-order valence-electron chi connectivity index (χ3n) is 2.21. The van der Waals surface area contributed by atoms with E-state index in [0.717, 1.165) is 19.4 Å². The van der Waals surface area contributed by atoms with Crippen molar-refractivity contribution in [2.45, 2.75) is 19.3 Å². The van der Waals surface area contributed by atoms with Crippen LogP contribution in [0.15, 0.2) is 23.3 Å². The topological polar surface area (TPSA) is 49.3 Å². The number of hydrogen-bond acceptors (Lipinski definition) is 2. The van der Waals surface area contributed by atoms with Gasteiger partial charge < -0.3 is 10.4 Å². The van der Waals surface area contributed by atoms with E-state index in [-0.39, 0.29) is 0 Å². The van der Waals surface area contributed by atoms with Crippen LogP contribution < -0.4 is 5.32 Å². The Bertz CT molecular complexity index is 254. The zero-order valence-electron chi connectivity index (χ0n) is 7.84. The fourth-order valence-corrected chi connectivity index (χ4v) is 1.35. The Labute approximate surface area is 78.1 Å². The maximum atomic E-state index is 10.6. The molecule has 0 atom stereocenters. The van der Waals surface area contributed by atoms with Crippen molar-refractivity contribution in [2.75, 3.05) is 13.6 Å². The highest BCUT2D eigenvalue weighted by molar-refractivity contribution is 5.87. The predicted octanol–water partition coefficient (Wildman–Crippen LogP) is 1.33. The van der Waals surface area contributed by atoms with Crippen molar-refractivity contribution in [3.05, 3.63) is 23.3 Å². The van der Waals surface area contributed by atoms with Crippen molar-refractivity contribution in [1.82, 2.24) is 5.32 Å². The van der Waals surface area contributed by atoms with E-state index in [1.807, 2.05) is 13.1 Å². The minimum atomic E-state index is -0.788. The summed E-state index contributed by atoms with van der Waals surface area (Å²) in [5.74, 6) is -0.788. The first-order valence-electron chi connectivity index (χ1n) is 4.50. The minimum Gasteiger partial charge on any atom is -0.478 e. The molecule has 0 fully saturated rings. The van der Waals surface area contributed by atoms with Gasteiger partial charge in [0.15, 0.2) is 0 Å². The van der Waals surface area contributed by atoms with E-state index in [0.29, 0.717) is 12.0 Å². The van der Waals surface area contributed by atoms with Gasteiger partial charge in [0.05, 0.1) is 0 Å². The van der Waals surface area contributed by atoms with Crippen molar-refractivity contribution in [3.63, 3.8) is 0 Å². The second-order valence-electron chi connectivity index (χ2n) is 3.18. The summed E-state index contributed by atoms with van der Waals surface area (Å²) in [6, 6.07) is 0. The van der Waals surface area contributed by atoms with Crippen molar-refractivity contribution in [2.24, 2.45) is 0 Å². The van der Waals surface area contributed by atoms with Crippen LogP contribution in [-0.4, -0.2) is 24.7 Å². The maximum Gasteiger partial charge on any atom is 0.331 e. The molecule has 0 spiro atoms. The average molecular weight is 181 g/mol. The molecule has 0 aromatic heterocycles. The Hall–Kier alpha value is -1.09. The van der Waals surface area contributed by atoms with Crippen LogP contribution in [0.4, 0.5) is 0 Å². The van der Waals surface area contributed by atoms with Gasteiger partial charge in [-0.15, -0.1) is 0 Å². The van der Waals surface area contributed by atoms with Crippen LogP contribution in [0.5, 0.6) is 0 Å². The van der Waals surface area contributed by atoms with E-state index >= 15 is 0 Å². The third kappa shape index (κ3) is 3.03. The van der Waals surface area contributed by atoms with Crippen LogP contribution >= 0.6 is 0 Å². The number of carbonyl (C=O) groups is 1. The number of rotatable bonds is 4. The number of hydrogen-bond donors (Lipinski definition) is 2. The molecule has 0 aromatic carbocycles. The molecule has 2 N–H and O–H groups in total.